The lowest BCUT2D eigenvalue weighted by Crippen LogP contribution is -2.41. The molecule has 0 aromatic carbocycles. The molecule has 0 saturated heterocycles. The zero-order valence-corrected chi connectivity index (χ0v) is 10.5. The molecule has 1 heterocycles. The Morgan fingerprint density at radius 3 is 2.72 bits per heavy atom. The minimum absolute atomic E-state index is 0.105. The van der Waals surface area contributed by atoms with Crippen LogP contribution in [0.2, 0.25) is 0 Å². The number of hydrogen-bond donors (Lipinski definition) is 2. The zero-order chi connectivity index (χ0) is 13.5. The molecule has 0 aliphatic rings. The van der Waals surface area contributed by atoms with E-state index < -0.39 is 12.0 Å². The Morgan fingerprint density at radius 1 is 1.50 bits per heavy atom. The molecule has 18 heavy (non-hydrogen) atoms. The highest BCUT2D eigenvalue weighted by molar-refractivity contribution is 5.85. The molecule has 0 bridgehead atoms. The first-order valence-electron chi connectivity index (χ1n) is 5.64. The molecule has 1 aromatic rings. The molecule has 1 aromatic heterocycles. The maximum Gasteiger partial charge on any atom is 0.328 e. The van der Waals surface area contributed by atoms with Crippen molar-refractivity contribution in [2.45, 2.75) is 25.8 Å². The van der Waals surface area contributed by atoms with Gasteiger partial charge in [0.2, 0.25) is 5.91 Å². The SMILES string of the molecule is CCC(NC(=O)Cc1ccc(N)cn1)C(=O)OC. The van der Waals surface area contributed by atoms with Gasteiger partial charge in [0.15, 0.2) is 0 Å². The zero-order valence-electron chi connectivity index (χ0n) is 10.5. The van der Waals surface area contributed by atoms with E-state index in [1.807, 2.05) is 0 Å². The second kappa shape index (κ2) is 6.58. The summed E-state index contributed by atoms with van der Waals surface area (Å²) in [5.41, 5.74) is 6.63. The third kappa shape index (κ3) is 4.04. The van der Waals surface area contributed by atoms with Gasteiger partial charge in [0, 0.05) is 5.69 Å². The van der Waals surface area contributed by atoms with Crippen molar-refractivity contribution in [2.24, 2.45) is 0 Å². The van der Waals surface area contributed by atoms with Crippen LogP contribution in [0.25, 0.3) is 0 Å². The molecule has 0 saturated carbocycles. The lowest BCUT2D eigenvalue weighted by molar-refractivity contribution is -0.145. The summed E-state index contributed by atoms with van der Waals surface area (Å²) in [4.78, 5) is 27.0. The molecule has 0 radical (unpaired) electrons. The number of carbonyl (C=O) groups excluding carboxylic acids is 2. The topological polar surface area (TPSA) is 94.3 Å². The fraction of sp³-hybridized carbons (Fsp3) is 0.417. The minimum atomic E-state index is -0.615. The Labute approximate surface area is 106 Å². The van der Waals surface area contributed by atoms with Crippen LogP contribution in [-0.2, 0) is 20.7 Å². The molecule has 1 amide bonds. The molecule has 3 N–H and O–H groups in total. The van der Waals surface area contributed by atoms with Gasteiger partial charge in [-0.1, -0.05) is 6.92 Å². The number of amides is 1. The number of nitrogens with one attached hydrogen (secondary N) is 1. The van der Waals surface area contributed by atoms with E-state index >= 15 is 0 Å². The van der Waals surface area contributed by atoms with Crippen LogP contribution in [0.3, 0.4) is 0 Å². The number of nitrogens with two attached hydrogens (primary N) is 1. The van der Waals surface area contributed by atoms with Crippen molar-refractivity contribution in [3.63, 3.8) is 0 Å². The molecule has 0 aliphatic heterocycles. The van der Waals surface area contributed by atoms with Crippen molar-refractivity contribution in [3.05, 3.63) is 24.0 Å². The smallest absolute Gasteiger partial charge is 0.328 e. The summed E-state index contributed by atoms with van der Waals surface area (Å²) < 4.78 is 4.58. The number of pyridine rings is 1. The number of carbonyl (C=O) groups is 2. The van der Waals surface area contributed by atoms with E-state index in [1.54, 1.807) is 19.1 Å². The largest absolute Gasteiger partial charge is 0.467 e. The van der Waals surface area contributed by atoms with Crippen LogP contribution < -0.4 is 11.1 Å². The van der Waals surface area contributed by atoms with E-state index in [0.717, 1.165) is 0 Å². The van der Waals surface area contributed by atoms with Crippen molar-refractivity contribution < 1.29 is 14.3 Å². The summed E-state index contributed by atoms with van der Waals surface area (Å²) in [6, 6.07) is 2.73. The molecule has 0 fully saturated rings. The summed E-state index contributed by atoms with van der Waals surface area (Å²) in [5.74, 6) is -0.722. The van der Waals surface area contributed by atoms with Crippen molar-refractivity contribution in [1.82, 2.24) is 10.3 Å². The highest BCUT2D eigenvalue weighted by Gasteiger charge is 2.19. The van der Waals surface area contributed by atoms with Crippen LogP contribution >= 0.6 is 0 Å². The monoisotopic (exact) mass is 251 g/mol. The Kier molecular flexibility index (Phi) is 5.10. The normalized spacial score (nSPS) is 11.7. The van der Waals surface area contributed by atoms with Gasteiger partial charge in [-0.25, -0.2) is 4.79 Å². The second-order valence-corrected chi connectivity index (χ2v) is 3.81. The predicted octanol–water partition coefficient (Wildman–Crippen LogP) is 0.274. The van der Waals surface area contributed by atoms with Gasteiger partial charge in [-0.15, -0.1) is 0 Å². The van der Waals surface area contributed by atoms with Gasteiger partial charge in [0.05, 0.1) is 25.4 Å². The van der Waals surface area contributed by atoms with Crippen LogP contribution in [0.4, 0.5) is 5.69 Å². The number of nitrogen functional groups attached to an aromatic ring is 1. The number of hydrogen-bond acceptors (Lipinski definition) is 5. The molecule has 6 heteroatoms. The molecule has 1 unspecified atom stereocenters. The van der Waals surface area contributed by atoms with Gasteiger partial charge < -0.3 is 15.8 Å². The third-order valence-electron chi connectivity index (χ3n) is 2.42. The minimum Gasteiger partial charge on any atom is -0.467 e. The van der Waals surface area contributed by atoms with Crippen molar-refractivity contribution >= 4 is 17.6 Å². The number of aromatic nitrogens is 1. The number of rotatable bonds is 5. The average Bonchev–Trinajstić information content (AvgIpc) is 2.37. The Balaban J connectivity index is 2.55. The predicted molar refractivity (Wildman–Crippen MR) is 66.6 cm³/mol. The Bertz CT molecular complexity index is 417. The molecular weight excluding hydrogens is 234 g/mol. The fourth-order valence-corrected chi connectivity index (χ4v) is 1.42. The number of ether oxygens (including phenoxy) is 1. The highest BCUT2D eigenvalue weighted by Crippen LogP contribution is 2.02. The van der Waals surface area contributed by atoms with Crippen molar-refractivity contribution in [1.29, 1.82) is 0 Å². The Hall–Kier alpha value is -2.11. The van der Waals surface area contributed by atoms with Crippen molar-refractivity contribution in [2.75, 3.05) is 12.8 Å². The van der Waals surface area contributed by atoms with E-state index in [2.05, 4.69) is 15.0 Å². The highest BCUT2D eigenvalue weighted by atomic mass is 16.5. The third-order valence-corrected chi connectivity index (χ3v) is 2.42. The van der Waals surface area contributed by atoms with Crippen LogP contribution in [0.1, 0.15) is 19.0 Å². The fourth-order valence-electron chi connectivity index (χ4n) is 1.42. The molecule has 1 atom stereocenters. The van der Waals surface area contributed by atoms with E-state index in [-0.39, 0.29) is 12.3 Å². The van der Waals surface area contributed by atoms with Crippen LogP contribution in [0.5, 0.6) is 0 Å². The van der Waals surface area contributed by atoms with E-state index in [0.29, 0.717) is 17.8 Å². The first-order valence-corrected chi connectivity index (χ1v) is 5.64. The molecule has 0 aliphatic carbocycles. The second-order valence-electron chi connectivity index (χ2n) is 3.81. The van der Waals surface area contributed by atoms with Crippen LogP contribution in [-0.4, -0.2) is 30.0 Å². The lowest BCUT2D eigenvalue weighted by Gasteiger charge is -2.14. The van der Waals surface area contributed by atoms with E-state index in [9.17, 15) is 9.59 Å². The Morgan fingerprint density at radius 2 is 2.22 bits per heavy atom. The first-order chi connectivity index (χ1) is 8.56. The van der Waals surface area contributed by atoms with Gasteiger partial charge in [-0.2, -0.15) is 0 Å². The summed E-state index contributed by atoms with van der Waals surface area (Å²) in [6.07, 6.45) is 2.07. The number of esters is 1. The first kappa shape index (κ1) is 14.0. The standard InChI is InChI=1S/C12H17N3O3/c1-3-10(12(17)18-2)15-11(16)6-9-5-4-8(13)7-14-9/h4-5,7,10H,3,6,13H2,1-2H3,(H,15,16). The van der Waals surface area contributed by atoms with Gasteiger partial charge in [0.1, 0.15) is 6.04 Å². The van der Waals surface area contributed by atoms with E-state index in [4.69, 9.17) is 5.73 Å². The number of anilines is 1. The summed E-state index contributed by atoms with van der Waals surface area (Å²) >= 11 is 0. The maximum atomic E-state index is 11.7. The van der Waals surface area contributed by atoms with E-state index in [1.165, 1.54) is 13.3 Å². The molecular formula is C12H17N3O3. The molecule has 98 valence electrons. The lowest BCUT2D eigenvalue weighted by atomic mass is 10.2. The maximum absolute atomic E-state index is 11.7. The van der Waals surface area contributed by atoms with Gasteiger partial charge in [-0.3, -0.25) is 9.78 Å². The van der Waals surface area contributed by atoms with Crippen LogP contribution in [0.15, 0.2) is 18.3 Å². The van der Waals surface area contributed by atoms with Crippen LogP contribution in [0, 0.1) is 0 Å². The number of methoxy groups -OCH3 is 1. The molecule has 0 spiro atoms. The summed E-state index contributed by atoms with van der Waals surface area (Å²) in [5, 5.41) is 2.60. The van der Waals surface area contributed by atoms with Gasteiger partial charge in [0.25, 0.3) is 0 Å². The molecule has 6 nitrogen and oxygen atoms in total. The summed E-state index contributed by atoms with van der Waals surface area (Å²) in [6.45, 7) is 1.79. The molecule has 1 rings (SSSR count). The number of nitrogens with zero attached hydrogens (tertiary/aromatic N) is 1. The van der Waals surface area contributed by atoms with Gasteiger partial charge >= 0.3 is 5.97 Å². The summed E-state index contributed by atoms with van der Waals surface area (Å²) in [7, 11) is 1.29. The quantitative estimate of drug-likeness (QED) is 0.733. The van der Waals surface area contributed by atoms with Gasteiger partial charge in [-0.05, 0) is 18.6 Å². The average molecular weight is 251 g/mol. The van der Waals surface area contributed by atoms with Crippen molar-refractivity contribution in [3.8, 4) is 0 Å².